The van der Waals surface area contributed by atoms with Crippen molar-refractivity contribution < 1.29 is 28.9 Å². The Bertz CT molecular complexity index is 637. The predicted molar refractivity (Wildman–Crippen MR) is 80.0 cm³/mol. The Kier molecular flexibility index (Phi) is 5.20. The predicted octanol–water partition coefficient (Wildman–Crippen LogP) is 2.26. The van der Waals surface area contributed by atoms with E-state index in [1.807, 2.05) is 0 Å². The number of halogens is 1. The van der Waals surface area contributed by atoms with Gasteiger partial charge in [-0.25, -0.2) is 9.59 Å². The van der Waals surface area contributed by atoms with Gasteiger partial charge in [0, 0.05) is 10.0 Å². The highest BCUT2D eigenvalue weighted by Gasteiger charge is 2.37. The summed E-state index contributed by atoms with van der Waals surface area (Å²) >= 11 is 3.28. The summed E-state index contributed by atoms with van der Waals surface area (Å²) in [5.74, 6) is -1.70. The third kappa shape index (κ3) is 3.15. The van der Waals surface area contributed by atoms with Crippen molar-refractivity contribution in [2.45, 2.75) is 20.0 Å². The lowest BCUT2D eigenvalue weighted by Crippen LogP contribution is -2.27. The van der Waals surface area contributed by atoms with Crippen LogP contribution in [0.1, 0.15) is 25.5 Å². The number of carbonyl (C=O) groups excluding carboxylic acids is 2. The first-order valence-corrected chi connectivity index (χ1v) is 7.52. The van der Waals surface area contributed by atoms with E-state index in [1.165, 1.54) is 0 Å². The molecule has 22 heavy (non-hydrogen) atoms. The number of hydrogen-bond acceptors (Lipinski definition) is 6. The molecule has 7 heteroatoms. The monoisotopic (exact) mass is 370 g/mol. The van der Waals surface area contributed by atoms with Gasteiger partial charge in [-0.3, -0.25) is 0 Å². The van der Waals surface area contributed by atoms with Crippen LogP contribution in [0.5, 0.6) is 5.75 Å². The highest BCUT2D eigenvalue weighted by molar-refractivity contribution is 9.10. The second kappa shape index (κ2) is 6.93. The van der Waals surface area contributed by atoms with Gasteiger partial charge in [-0.15, -0.1) is 0 Å². The molecule has 1 aliphatic rings. The zero-order valence-electron chi connectivity index (χ0n) is 12.1. The van der Waals surface area contributed by atoms with Crippen molar-refractivity contribution in [3.05, 3.63) is 39.6 Å². The Balaban J connectivity index is 2.52. The smallest absolute Gasteiger partial charge is 0.374 e. The van der Waals surface area contributed by atoms with Crippen LogP contribution in [-0.2, 0) is 19.1 Å². The van der Waals surface area contributed by atoms with Crippen LogP contribution in [0.4, 0.5) is 0 Å². The van der Waals surface area contributed by atoms with Crippen LogP contribution < -0.4 is 4.74 Å². The number of benzene rings is 1. The van der Waals surface area contributed by atoms with Crippen molar-refractivity contribution in [1.82, 2.24) is 0 Å². The first kappa shape index (κ1) is 16.5. The molecule has 118 valence electrons. The molecule has 1 unspecified atom stereocenters. The van der Waals surface area contributed by atoms with Crippen molar-refractivity contribution >= 4 is 27.9 Å². The minimum absolute atomic E-state index is 0.108. The van der Waals surface area contributed by atoms with Gasteiger partial charge < -0.3 is 19.3 Å². The SMILES string of the molecule is CCOC(=O)C1=C(C(=O)OCC)C(O)c2cc(Br)ccc2O1. The van der Waals surface area contributed by atoms with Gasteiger partial charge >= 0.3 is 11.9 Å². The third-order valence-electron chi connectivity index (χ3n) is 2.95. The van der Waals surface area contributed by atoms with E-state index < -0.39 is 18.0 Å². The standard InChI is InChI=1S/C15H15BrO6/c1-3-20-14(18)11-12(17)9-7-8(16)5-6-10(9)22-13(11)15(19)21-4-2/h5-7,12,17H,3-4H2,1-2H3. The Morgan fingerprint density at radius 2 is 1.86 bits per heavy atom. The molecule has 1 aromatic carbocycles. The maximum absolute atomic E-state index is 12.1. The maximum Gasteiger partial charge on any atom is 0.374 e. The number of aliphatic hydroxyl groups is 1. The van der Waals surface area contributed by atoms with E-state index in [2.05, 4.69) is 15.9 Å². The van der Waals surface area contributed by atoms with Crippen LogP contribution in [0.3, 0.4) is 0 Å². The molecule has 0 saturated carbocycles. The number of fused-ring (bicyclic) bond motifs is 1. The van der Waals surface area contributed by atoms with Crippen LogP contribution in [0.2, 0.25) is 0 Å². The second-order valence-corrected chi connectivity index (χ2v) is 5.29. The quantitative estimate of drug-likeness (QED) is 0.818. The number of esters is 2. The van der Waals surface area contributed by atoms with E-state index in [0.29, 0.717) is 10.0 Å². The van der Waals surface area contributed by atoms with Gasteiger partial charge in [0.15, 0.2) is 0 Å². The van der Waals surface area contributed by atoms with Crippen molar-refractivity contribution in [2.75, 3.05) is 13.2 Å². The number of ether oxygens (including phenoxy) is 3. The first-order chi connectivity index (χ1) is 10.5. The molecular formula is C15H15BrO6. The summed E-state index contributed by atoms with van der Waals surface area (Å²) in [4.78, 5) is 24.1. The van der Waals surface area contributed by atoms with Gasteiger partial charge in [0.05, 0.1) is 13.2 Å². The average Bonchev–Trinajstić information content (AvgIpc) is 2.48. The fourth-order valence-electron chi connectivity index (χ4n) is 2.03. The Morgan fingerprint density at radius 1 is 1.23 bits per heavy atom. The molecule has 1 N–H and O–H groups in total. The van der Waals surface area contributed by atoms with Crippen LogP contribution >= 0.6 is 15.9 Å². The topological polar surface area (TPSA) is 82.1 Å². The summed E-state index contributed by atoms with van der Waals surface area (Å²) in [6, 6.07) is 4.90. The molecule has 1 aromatic rings. The van der Waals surface area contributed by atoms with Gasteiger partial charge in [0.25, 0.3) is 0 Å². The molecule has 1 aliphatic heterocycles. The maximum atomic E-state index is 12.1. The third-order valence-corrected chi connectivity index (χ3v) is 3.45. The largest absolute Gasteiger partial charge is 0.462 e. The first-order valence-electron chi connectivity index (χ1n) is 6.73. The van der Waals surface area contributed by atoms with E-state index in [4.69, 9.17) is 14.2 Å². The van der Waals surface area contributed by atoms with Crippen molar-refractivity contribution in [1.29, 1.82) is 0 Å². The van der Waals surface area contributed by atoms with Crippen molar-refractivity contribution in [3.63, 3.8) is 0 Å². The van der Waals surface area contributed by atoms with E-state index in [1.54, 1.807) is 32.0 Å². The lowest BCUT2D eigenvalue weighted by atomic mass is 9.97. The van der Waals surface area contributed by atoms with Crippen LogP contribution in [0.15, 0.2) is 34.0 Å². The highest BCUT2D eigenvalue weighted by atomic mass is 79.9. The zero-order valence-corrected chi connectivity index (χ0v) is 13.7. The van der Waals surface area contributed by atoms with E-state index >= 15 is 0 Å². The molecule has 0 radical (unpaired) electrons. The second-order valence-electron chi connectivity index (χ2n) is 4.37. The number of hydrogen-bond donors (Lipinski definition) is 1. The zero-order chi connectivity index (χ0) is 16.3. The normalized spacial score (nSPS) is 16.6. The lowest BCUT2D eigenvalue weighted by molar-refractivity contribution is -0.145. The summed E-state index contributed by atoms with van der Waals surface area (Å²) in [7, 11) is 0. The van der Waals surface area contributed by atoms with Crippen molar-refractivity contribution in [3.8, 4) is 5.75 Å². The number of aliphatic hydroxyl groups excluding tert-OH is 1. The Labute approximate surface area is 135 Å². The molecule has 0 fully saturated rings. The van der Waals surface area contributed by atoms with Crippen LogP contribution in [-0.4, -0.2) is 30.3 Å². The lowest BCUT2D eigenvalue weighted by Gasteiger charge is -2.25. The molecule has 2 rings (SSSR count). The molecule has 1 heterocycles. The number of rotatable bonds is 4. The number of carbonyl (C=O) groups is 2. The van der Waals surface area contributed by atoms with Crippen LogP contribution in [0.25, 0.3) is 0 Å². The van der Waals surface area contributed by atoms with Crippen molar-refractivity contribution in [2.24, 2.45) is 0 Å². The summed E-state index contributed by atoms with van der Waals surface area (Å²) in [6.07, 6.45) is -1.33. The summed E-state index contributed by atoms with van der Waals surface area (Å²) in [6.45, 7) is 3.48. The van der Waals surface area contributed by atoms with Gasteiger partial charge in [-0.1, -0.05) is 15.9 Å². The van der Waals surface area contributed by atoms with Gasteiger partial charge in [0.1, 0.15) is 17.4 Å². The van der Waals surface area contributed by atoms with Gasteiger partial charge in [-0.05, 0) is 32.0 Å². The Hall–Kier alpha value is -1.86. The Morgan fingerprint density at radius 3 is 2.50 bits per heavy atom. The fourth-order valence-corrected chi connectivity index (χ4v) is 2.41. The minimum Gasteiger partial charge on any atom is -0.462 e. The molecule has 0 spiro atoms. The van der Waals surface area contributed by atoms with Crippen LogP contribution in [0, 0.1) is 0 Å². The molecule has 0 saturated heterocycles. The van der Waals surface area contributed by atoms with E-state index in [-0.39, 0.29) is 30.3 Å². The average molecular weight is 371 g/mol. The summed E-state index contributed by atoms with van der Waals surface area (Å²) in [5.41, 5.74) is 0.108. The molecule has 6 nitrogen and oxygen atoms in total. The molecule has 0 aliphatic carbocycles. The van der Waals surface area contributed by atoms with E-state index in [0.717, 1.165) is 0 Å². The summed E-state index contributed by atoms with van der Waals surface area (Å²) in [5, 5.41) is 10.5. The fraction of sp³-hybridized carbons (Fsp3) is 0.333. The highest BCUT2D eigenvalue weighted by Crippen LogP contribution is 2.39. The molecule has 0 bridgehead atoms. The van der Waals surface area contributed by atoms with Gasteiger partial charge in [0.2, 0.25) is 5.76 Å². The molecule has 0 aromatic heterocycles. The molecule has 1 atom stereocenters. The van der Waals surface area contributed by atoms with E-state index in [9.17, 15) is 14.7 Å². The van der Waals surface area contributed by atoms with Gasteiger partial charge in [-0.2, -0.15) is 0 Å². The minimum atomic E-state index is -1.33. The molecule has 0 amide bonds. The molecular weight excluding hydrogens is 356 g/mol. The summed E-state index contributed by atoms with van der Waals surface area (Å²) < 4.78 is 16.0.